The molecule has 0 aliphatic carbocycles. The van der Waals surface area contributed by atoms with Crippen molar-refractivity contribution in [1.29, 1.82) is 0 Å². The van der Waals surface area contributed by atoms with Gasteiger partial charge >= 0.3 is 0 Å². The number of aromatic nitrogens is 3. The van der Waals surface area contributed by atoms with Crippen LogP contribution in [0.5, 0.6) is 0 Å². The molecule has 0 bridgehead atoms. The fourth-order valence-electron chi connectivity index (χ4n) is 3.64. The van der Waals surface area contributed by atoms with E-state index in [0.29, 0.717) is 23.1 Å². The van der Waals surface area contributed by atoms with E-state index in [1.165, 1.54) is 4.68 Å². The summed E-state index contributed by atoms with van der Waals surface area (Å²) in [5.74, 6) is 0.153. The molecule has 0 unspecified atom stereocenters. The molecule has 0 saturated carbocycles. The van der Waals surface area contributed by atoms with Crippen LogP contribution >= 0.6 is 15.9 Å². The normalized spacial score (nSPS) is 11.7. The monoisotopic (exact) mass is 465 g/mol. The summed E-state index contributed by atoms with van der Waals surface area (Å²) in [5.41, 5.74) is 8.41. The Hall–Kier alpha value is -3.26. The molecule has 30 heavy (non-hydrogen) atoms. The molecule has 2 heterocycles. The van der Waals surface area contributed by atoms with Crippen molar-refractivity contribution in [3.8, 4) is 0 Å². The Bertz CT molecular complexity index is 1380. The Morgan fingerprint density at radius 3 is 2.73 bits per heavy atom. The fraction of sp³-hybridized carbons (Fsp3) is 0.182. The summed E-state index contributed by atoms with van der Waals surface area (Å²) in [6, 6.07) is 13.1. The van der Waals surface area contributed by atoms with Gasteiger partial charge in [0.2, 0.25) is 5.91 Å². The molecule has 0 atom stereocenters. The van der Waals surface area contributed by atoms with Crippen LogP contribution in [0.4, 0.5) is 0 Å². The molecule has 2 aromatic carbocycles. The van der Waals surface area contributed by atoms with E-state index in [1.54, 1.807) is 12.3 Å². The Balaban J connectivity index is 1.91. The molecule has 152 valence electrons. The third kappa shape index (κ3) is 3.43. The highest BCUT2D eigenvalue weighted by molar-refractivity contribution is 9.10. The smallest absolute Gasteiger partial charge is 0.282 e. The number of rotatable bonds is 5. The van der Waals surface area contributed by atoms with Gasteiger partial charge in [0.1, 0.15) is 12.4 Å². The van der Waals surface area contributed by atoms with Gasteiger partial charge in [0.25, 0.3) is 5.56 Å². The minimum Gasteiger partial charge on any atom is -0.368 e. The number of aryl methyl sites for hydroxylation is 1. The maximum Gasteiger partial charge on any atom is 0.282 e. The molecule has 4 rings (SSSR count). The molecule has 0 saturated heterocycles. The highest BCUT2D eigenvalue weighted by Crippen LogP contribution is 2.24. The summed E-state index contributed by atoms with van der Waals surface area (Å²) in [5, 5.41) is 5.93. The van der Waals surface area contributed by atoms with E-state index in [1.807, 2.05) is 54.8 Å². The molecular formula is C22H20BrN5O2. The quantitative estimate of drug-likeness (QED) is 0.457. The lowest BCUT2D eigenvalue weighted by atomic mass is 10.1. The molecule has 2 aromatic heterocycles. The Morgan fingerprint density at radius 2 is 2.00 bits per heavy atom. The number of carbonyl (C=O) groups is 1. The van der Waals surface area contributed by atoms with E-state index in [9.17, 15) is 9.59 Å². The number of nitrogens with zero attached hydrogens (tertiary/aromatic N) is 4. The summed E-state index contributed by atoms with van der Waals surface area (Å²) in [4.78, 5) is 29.2. The maximum absolute atomic E-state index is 13.1. The van der Waals surface area contributed by atoms with Crippen LogP contribution in [0.15, 0.2) is 56.8 Å². The van der Waals surface area contributed by atoms with Crippen molar-refractivity contribution >= 4 is 49.9 Å². The Kier molecular flexibility index (Phi) is 5.26. The summed E-state index contributed by atoms with van der Waals surface area (Å²) in [6.45, 7) is 3.91. The van der Waals surface area contributed by atoms with Gasteiger partial charge in [-0.2, -0.15) is 9.78 Å². The average Bonchev–Trinajstić information content (AvgIpc) is 2.98. The van der Waals surface area contributed by atoms with Crippen LogP contribution in [0.2, 0.25) is 0 Å². The van der Waals surface area contributed by atoms with E-state index in [-0.39, 0.29) is 12.1 Å². The molecule has 7 nitrogen and oxygen atoms in total. The predicted molar refractivity (Wildman–Crippen MR) is 122 cm³/mol. The number of primary amides is 1. The first-order valence-electron chi connectivity index (χ1n) is 9.52. The number of nitrogens with two attached hydrogens (primary N) is 1. The first kappa shape index (κ1) is 20.0. The van der Waals surface area contributed by atoms with Crippen molar-refractivity contribution in [1.82, 2.24) is 14.2 Å². The number of benzene rings is 2. The van der Waals surface area contributed by atoms with Gasteiger partial charge in [-0.3, -0.25) is 9.59 Å². The zero-order valence-electron chi connectivity index (χ0n) is 16.6. The van der Waals surface area contributed by atoms with Crippen molar-refractivity contribution in [2.45, 2.75) is 26.8 Å². The molecule has 0 radical (unpaired) electrons. The van der Waals surface area contributed by atoms with Crippen molar-refractivity contribution in [2.75, 3.05) is 0 Å². The molecule has 2 N–H and O–H groups in total. The van der Waals surface area contributed by atoms with Gasteiger partial charge in [-0.25, -0.2) is 4.98 Å². The van der Waals surface area contributed by atoms with Crippen LogP contribution in [0, 0.1) is 6.92 Å². The van der Waals surface area contributed by atoms with Gasteiger partial charge in [0.15, 0.2) is 0 Å². The number of halogens is 1. The third-order valence-corrected chi connectivity index (χ3v) is 5.58. The number of amides is 1. The van der Waals surface area contributed by atoms with Crippen molar-refractivity contribution in [2.24, 2.45) is 10.8 Å². The summed E-state index contributed by atoms with van der Waals surface area (Å²) in [6.07, 6.45) is 2.21. The molecule has 8 heteroatoms. The maximum atomic E-state index is 13.1. The van der Waals surface area contributed by atoms with E-state index >= 15 is 0 Å². The second-order valence-corrected chi connectivity index (χ2v) is 7.89. The first-order chi connectivity index (χ1) is 14.4. The molecule has 1 amide bonds. The zero-order chi connectivity index (χ0) is 21.4. The highest BCUT2D eigenvalue weighted by Gasteiger charge is 2.15. The van der Waals surface area contributed by atoms with Gasteiger partial charge < -0.3 is 10.3 Å². The predicted octanol–water partition coefficient (Wildman–Crippen LogP) is 3.35. The lowest BCUT2D eigenvalue weighted by Gasteiger charge is -2.08. The molecule has 0 fully saturated rings. The molecule has 0 aliphatic rings. The lowest BCUT2D eigenvalue weighted by molar-refractivity contribution is -0.118. The highest BCUT2D eigenvalue weighted by atomic mass is 79.9. The zero-order valence-corrected chi connectivity index (χ0v) is 18.2. The summed E-state index contributed by atoms with van der Waals surface area (Å²) >= 11 is 3.41. The minimum atomic E-state index is -0.420. The van der Waals surface area contributed by atoms with Gasteiger partial charge in [0, 0.05) is 33.1 Å². The SMILES string of the molecule is CCc1nc2ccc(Br)cc2c(=O)n1N=Cc1c(C)n(CC(N)=O)c2ccccc12. The van der Waals surface area contributed by atoms with E-state index in [2.05, 4.69) is 26.0 Å². The number of fused-ring (bicyclic) bond motifs is 2. The second-order valence-electron chi connectivity index (χ2n) is 6.97. The van der Waals surface area contributed by atoms with Crippen LogP contribution in [0.25, 0.3) is 21.8 Å². The Labute approximate surface area is 181 Å². The first-order valence-corrected chi connectivity index (χ1v) is 10.3. The number of hydrogen-bond donors (Lipinski definition) is 1. The number of carbonyl (C=O) groups excluding carboxylic acids is 1. The molecule has 0 aliphatic heterocycles. The average molecular weight is 466 g/mol. The van der Waals surface area contributed by atoms with E-state index in [0.717, 1.165) is 26.6 Å². The summed E-state index contributed by atoms with van der Waals surface area (Å²) in [7, 11) is 0. The third-order valence-electron chi connectivity index (χ3n) is 5.09. The van der Waals surface area contributed by atoms with Crippen LogP contribution in [0.3, 0.4) is 0 Å². The van der Waals surface area contributed by atoms with E-state index < -0.39 is 5.91 Å². The standard InChI is InChI=1S/C22H20BrN5O2/c1-3-21-26-18-9-8-14(23)10-16(18)22(30)28(21)25-11-17-13(2)27(12-20(24)29)19-7-5-4-6-15(17)19/h4-11H,3,12H2,1-2H3,(H2,24,29). The van der Waals surface area contributed by atoms with Crippen molar-refractivity contribution < 1.29 is 4.79 Å². The van der Waals surface area contributed by atoms with Crippen LogP contribution in [-0.2, 0) is 17.8 Å². The topological polar surface area (TPSA) is 95.3 Å². The number of hydrogen-bond acceptors (Lipinski definition) is 4. The second kappa shape index (κ2) is 7.87. The van der Waals surface area contributed by atoms with Crippen molar-refractivity contribution in [3.05, 3.63) is 74.4 Å². The van der Waals surface area contributed by atoms with Crippen LogP contribution < -0.4 is 11.3 Å². The van der Waals surface area contributed by atoms with Crippen LogP contribution in [0.1, 0.15) is 24.0 Å². The van der Waals surface area contributed by atoms with Gasteiger partial charge in [-0.05, 0) is 31.2 Å². The van der Waals surface area contributed by atoms with Gasteiger partial charge in [-0.15, -0.1) is 0 Å². The van der Waals surface area contributed by atoms with Gasteiger partial charge in [0.05, 0.1) is 17.1 Å². The largest absolute Gasteiger partial charge is 0.368 e. The molecule has 0 spiro atoms. The van der Waals surface area contributed by atoms with Gasteiger partial charge in [-0.1, -0.05) is 41.1 Å². The minimum absolute atomic E-state index is 0.0753. The Morgan fingerprint density at radius 1 is 1.23 bits per heavy atom. The van der Waals surface area contributed by atoms with E-state index in [4.69, 9.17) is 5.73 Å². The molecular weight excluding hydrogens is 446 g/mol. The molecule has 4 aromatic rings. The van der Waals surface area contributed by atoms with Crippen molar-refractivity contribution in [3.63, 3.8) is 0 Å². The van der Waals surface area contributed by atoms with Crippen LogP contribution in [-0.4, -0.2) is 26.3 Å². The lowest BCUT2D eigenvalue weighted by Crippen LogP contribution is -2.22. The fourth-order valence-corrected chi connectivity index (χ4v) is 4.00. The summed E-state index contributed by atoms with van der Waals surface area (Å²) < 4.78 is 4.01. The number of para-hydroxylation sites is 1.